The number of hydrogen-bond donors (Lipinski definition) is 1. The van der Waals surface area contributed by atoms with Crippen LogP contribution in [0, 0.1) is 19.8 Å². The number of carbonyl (C=O) groups is 1. The Hall–Kier alpha value is -3.42. The summed E-state index contributed by atoms with van der Waals surface area (Å²) in [7, 11) is 0. The predicted molar refractivity (Wildman–Crippen MR) is 106 cm³/mol. The first-order valence-corrected chi connectivity index (χ1v) is 9.14. The quantitative estimate of drug-likeness (QED) is 0.528. The number of aromatic nitrogens is 4. The third-order valence-corrected chi connectivity index (χ3v) is 4.49. The summed E-state index contributed by atoms with van der Waals surface area (Å²) in [6.07, 6.45) is 1.28. The fourth-order valence-corrected chi connectivity index (χ4v) is 3.32. The van der Waals surface area contributed by atoms with E-state index in [9.17, 15) is 18.8 Å². The van der Waals surface area contributed by atoms with Crippen molar-refractivity contribution in [2.45, 2.75) is 40.2 Å². The van der Waals surface area contributed by atoms with Crippen LogP contribution in [-0.4, -0.2) is 25.3 Å². The molecule has 0 saturated carbocycles. The Balaban J connectivity index is 2.28. The van der Waals surface area contributed by atoms with Gasteiger partial charge in [0.1, 0.15) is 11.4 Å². The van der Waals surface area contributed by atoms with Crippen LogP contribution in [0.1, 0.15) is 58.3 Å². The lowest BCUT2D eigenvalue weighted by molar-refractivity contribution is 0.102. The van der Waals surface area contributed by atoms with Crippen molar-refractivity contribution in [3.63, 3.8) is 0 Å². The molecule has 0 amide bonds. The van der Waals surface area contributed by atoms with E-state index in [1.807, 2.05) is 13.0 Å². The minimum absolute atomic E-state index is 0.0385. The fraction of sp³-hybridized carbons (Fsp3) is 0.286. The van der Waals surface area contributed by atoms with Crippen LogP contribution < -0.4 is 11.2 Å². The van der Waals surface area contributed by atoms with E-state index < -0.39 is 23.0 Å². The maximum Gasteiger partial charge on any atom is 0.329 e. The van der Waals surface area contributed by atoms with Crippen LogP contribution in [0.25, 0.3) is 0 Å². The van der Waals surface area contributed by atoms with Gasteiger partial charge in [0.15, 0.2) is 0 Å². The summed E-state index contributed by atoms with van der Waals surface area (Å²) in [6, 6.07) is 6.15. The van der Waals surface area contributed by atoms with Crippen molar-refractivity contribution in [1.29, 1.82) is 0 Å². The van der Waals surface area contributed by atoms with Crippen LogP contribution in [0.15, 0.2) is 40.1 Å². The maximum atomic E-state index is 13.5. The molecule has 0 spiro atoms. The Morgan fingerprint density at radius 2 is 1.93 bits per heavy atom. The van der Waals surface area contributed by atoms with E-state index in [0.717, 1.165) is 10.1 Å². The molecule has 0 aliphatic rings. The normalized spacial score (nSPS) is 11.1. The number of aryl methyl sites for hydroxylation is 2. The molecule has 1 N–H and O–H groups in total. The zero-order valence-corrected chi connectivity index (χ0v) is 16.6. The molecule has 0 atom stereocenters. The van der Waals surface area contributed by atoms with Crippen molar-refractivity contribution in [3.8, 4) is 0 Å². The topological polar surface area (TPSA) is 97.7 Å². The first-order chi connectivity index (χ1) is 13.7. The highest BCUT2D eigenvalue weighted by molar-refractivity contribution is 6.07. The molecule has 0 fully saturated rings. The van der Waals surface area contributed by atoms with Crippen molar-refractivity contribution < 1.29 is 9.18 Å². The molecule has 0 aliphatic heterocycles. The minimum atomic E-state index is -0.746. The first kappa shape index (κ1) is 20.3. The molecular weight excluding hydrogens is 375 g/mol. The molecule has 3 aromatic heterocycles. The fourth-order valence-electron chi connectivity index (χ4n) is 3.32. The molecule has 0 bridgehead atoms. The largest absolute Gasteiger partial charge is 0.329 e. The van der Waals surface area contributed by atoms with Gasteiger partial charge in [0, 0.05) is 17.5 Å². The molecule has 150 valence electrons. The third-order valence-electron chi connectivity index (χ3n) is 4.49. The van der Waals surface area contributed by atoms with Gasteiger partial charge in [-0.1, -0.05) is 13.8 Å². The number of H-pyrrole nitrogens is 1. The smallest absolute Gasteiger partial charge is 0.285 e. The standard InChI is InChI=1S/C21H21FN4O3/c1-11(2)17-18(19(27)15-8-12(3)7-13(4)24-15)26(21(29)25-20(17)28)10-14-5-6-23-16(22)9-14/h5-9,11H,10H2,1-4H3,(H,25,28,29). The molecule has 0 radical (unpaired) electrons. The lowest BCUT2D eigenvalue weighted by atomic mass is 9.98. The highest BCUT2D eigenvalue weighted by atomic mass is 19.1. The molecule has 0 aromatic carbocycles. The van der Waals surface area contributed by atoms with Gasteiger partial charge in [-0.15, -0.1) is 0 Å². The number of hydrogen-bond acceptors (Lipinski definition) is 5. The van der Waals surface area contributed by atoms with E-state index in [1.54, 1.807) is 32.9 Å². The zero-order chi connectivity index (χ0) is 21.3. The SMILES string of the molecule is Cc1cc(C)nc(C(=O)c2c(C(C)C)c(=O)[nH]c(=O)n2Cc2ccnc(F)c2)c1. The summed E-state index contributed by atoms with van der Waals surface area (Å²) in [5.41, 5.74) is 0.844. The number of aromatic amines is 1. The van der Waals surface area contributed by atoms with Gasteiger partial charge in [0.25, 0.3) is 5.56 Å². The molecule has 0 aliphatic carbocycles. The summed E-state index contributed by atoms with van der Waals surface area (Å²) in [6.45, 7) is 7.02. The number of nitrogens with one attached hydrogen (secondary N) is 1. The summed E-state index contributed by atoms with van der Waals surface area (Å²) in [4.78, 5) is 48.6. The molecule has 0 unspecified atom stereocenters. The van der Waals surface area contributed by atoms with Gasteiger partial charge < -0.3 is 0 Å². The van der Waals surface area contributed by atoms with Crippen molar-refractivity contribution in [2.24, 2.45) is 0 Å². The van der Waals surface area contributed by atoms with E-state index in [2.05, 4.69) is 15.0 Å². The lowest BCUT2D eigenvalue weighted by Gasteiger charge is -2.17. The number of carbonyl (C=O) groups excluding carboxylic acids is 1. The van der Waals surface area contributed by atoms with Crippen LogP contribution in [0.4, 0.5) is 4.39 Å². The Morgan fingerprint density at radius 1 is 1.21 bits per heavy atom. The highest BCUT2D eigenvalue weighted by Gasteiger charge is 2.25. The summed E-state index contributed by atoms with van der Waals surface area (Å²) < 4.78 is 14.7. The van der Waals surface area contributed by atoms with Crippen LogP contribution in [0.5, 0.6) is 0 Å². The predicted octanol–water partition coefficient (Wildman–Crippen LogP) is 2.49. The average Bonchev–Trinajstić information content (AvgIpc) is 2.62. The van der Waals surface area contributed by atoms with Gasteiger partial charge in [-0.3, -0.25) is 19.1 Å². The van der Waals surface area contributed by atoms with Crippen molar-refractivity contribution in [2.75, 3.05) is 0 Å². The molecular formula is C21H21FN4O3. The number of halogens is 1. The molecule has 3 aromatic rings. The molecule has 8 heteroatoms. The third kappa shape index (κ3) is 4.21. The van der Waals surface area contributed by atoms with Crippen molar-refractivity contribution in [1.82, 2.24) is 19.5 Å². The van der Waals surface area contributed by atoms with Crippen LogP contribution in [0.2, 0.25) is 0 Å². The molecule has 0 saturated heterocycles. The highest BCUT2D eigenvalue weighted by Crippen LogP contribution is 2.19. The van der Waals surface area contributed by atoms with Crippen LogP contribution in [-0.2, 0) is 6.54 Å². The Bertz CT molecular complexity index is 1190. The van der Waals surface area contributed by atoms with E-state index in [4.69, 9.17) is 0 Å². The van der Waals surface area contributed by atoms with E-state index in [-0.39, 0.29) is 29.4 Å². The van der Waals surface area contributed by atoms with Gasteiger partial charge in [0.2, 0.25) is 11.7 Å². The number of rotatable bonds is 5. The lowest BCUT2D eigenvalue weighted by Crippen LogP contribution is -2.38. The average molecular weight is 396 g/mol. The van der Waals surface area contributed by atoms with Crippen LogP contribution in [0.3, 0.4) is 0 Å². The second-order valence-corrected chi connectivity index (χ2v) is 7.25. The second kappa shape index (κ2) is 7.90. The minimum Gasteiger partial charge on any atom is -0.285 e. The number of ketones is 1. The Kier molecular flexibility index (Phi) is 5.54. The monoisotopic (exact) mass is 396 g/mol. The van der Waals surface area contributed by atoms with Crippen molar-refractivity contribution in [3.05, 3.63) is 91.0 Å². The number of nitrogens with zero attached hydrogens (tertiary/aromatic N) is 3. The summed E-state index contributed by atoms with van der Waals surface area (Å²) in [5, 5.41) is 0. The molecule has 7 nitrogen and oxygen atoms in total. The van der Waals surface area contributed by atoms with Crippen LogP contribution >= 0.6 is 0 Å². The van der Waals surface area contributed by atoms with Gasteiger partial charge in [-0.25, -0.2) is 14.8 Å². The van der Waals surface area contributed by atoms with Gasteiger partial charge >= 0.3 is 5.69 Å². The first-order valence-electron chi connectivity index (χ1n) is 9.14. The van der Waals surface area contributed by atoms with Gasteiger partial charge in [-0.05, 0) is 55.2 Å². The molecule has 29 heavy (non-hydrogen) atoms. The number of pyridine rings is 2. The maximum absolute atomic E-state index is 13.5. The second-order valence-electron chi connectivity index (χ2n) is 7.25. The zero-order valence-electron chi connectivity index (χ0n) is 16.6. The molecule has 3 heterocycles. The van der Waals surface area contributed by atoms with E-state index in [0.29, 0.717) is 11.3 Å². The van der Waals surface area contributed by atoms with Gasteiger partial charge in [0.05, 0.1) is 6.54 Å². The molecule has 3 rings (SSSR count). The summed E-state index contributed by atoms with van der Waals surface area (Å²) >= 11 is 0. The van der Waals surface area contributed by atoms with Crippen molar-refractivity contribution >= 4 is 5.78 Å². The van der Waals surface area contributed by atoms with E-state index in [1.165, 1.54) is 12.3 Å². The Morgan fingerprint density at radius 3 is 2.55 bits per heavy atom. The van der Waals surface area contributed by atoms with Gasteiger partial charge in [-0.2, -0.15) is 4.39 Å². The summed E-state index contributed by atoms with van der Waals surface area (Å²) in [5.74, 6) is -1.56. The Labute approximate surface area is 166 Å². The van der Waals surface area contributed by atoms with E-state index >= 15 is 0 Å².